The summed E-state index contributed by atoms with van der Waals surface area (Å²) in [6.07, 6.45) is -7.53. The molecule has 0 aliphatic rings. The van der Waals surface area contributed by atoms with Gasteiger partial charge in [-0.1, -0.05) is 0 Å². The third-order valence-corrected chi connectivity index (χ3v) is 3.32. The zero-order valence-corrected chi connectivity index (χ0v) is 12.3. The van der Waals surface area contributed by atoms with Crippen LogP contribution in [0.25, 0.3) is 0 Å². The van der Waals surface area contributed by atoms with E-state index in [0.29, 0.717) is 24.3 Å². The molecular formula is C13H13F6NOS. The number of nitrogens with one attached hydrogen (secondary N) is 1. The number of halogens is 6. The third kappa shape index (κ3) is 5.78. The van der Waals surface area contributed by atoms with Crippen molar-refractivity contribution >= 4 is 23.4 Å². The van der Waals surface area contributed by atoms with Crippen LogP contribution >= 0.6 is 11.8 Å². The molecule has 1 amide bonds. The number of alkyl halides is 6. The second-order valence-electron chi connectivity index (χ2n) is 4.44. The van der Waals surface area contributed by atoms with Gasteiger partial charge in [-0.25, -0.2) is 0 Å². The molecule has 0 spiro atoms. The van der Waals surface area contributed by atoms with Gasteiger partial charge in [-0.05, 0) is 36.6 Å². The molecule has 0 bridgehead atoms. The highest BCUT2D eigenvalue weighted by Gasteiger charge is 2.37. The third-order valence-electron chi connectivity index (χ3n) is 2.62. The van der Waals surface area contributed by atoms with Crippen molar-refractivity contribution in [1.29, 1.82) is 0 Å². The molecule has 1 aromatic carbocycles. The monoisotopic (exact) mass is 345 g/mol. The highest BCUT2D eigenvalue weighted by Crippen LogP contribution is 2.37. The largest absolute Gasteiger partial charge is 0.416 e. The van der Waals surface area contributed by atoms with Gasteiger partial charge in [0.05, 0.1) is 11.1 Å². The van der Waals surface area contributed by atoms with Gasteiger partial charge in [-0.2, -0.15) is 38.1 Å². The number of anilines is 1. The van der Waals surface area contributed by atoms with E-state index in [1.807, 2.05) is 6.26 Å². The van der Waals surface area contributed by atoms with Gasteiger partial charge < -0.3 is 5.32 Å². The zero-order chi connectivity index (χ0) is 17.0. The molecule has 2 nitrogen and oxygen atoms in total. The number of carbonyl (C=O) groups is 1. The van der Waals surface area contributed by atoms with Crippen LogP contribution in [0.15, 0.2) is 18.2 Å². The Labute approximate surface area is 127 Å². The van der Waals surface area contributed by atoms with Crippen LogP contribution in [0.1, 0.15) is 24.0 Å². The zero-order valence-electron chi connectivity index (χ0n) is 11.4. The predicted molar refractivity (Wildman–Crippen MR) is 72.7 cm³/mol. The minimum absolute atomic E-state index is 0.0172. The molecule has 0 saturated carbocycles. The van der Waals surface area contributed by atoms with E-state index in [2.05, 4.69) is 5.32 Å². The molecule has 0 saturated heterocycles. The Morgan fingerprint density at radius 3 is 1.95 bits per heavy atom. The van der Waals surface area contributed by atoms with E-state index in [9.17, 15) is 31.1 Å². The minimum Gasteiger partial charge on any atom is -0.326 e. The fourth-order valence-electron chi connectivity index (χ4n) is 1.63. The maximum Gasteiger partial charge on any atom is 0.416 e. The maximum atomic E-state index is 12.6. The van der Waals surface area contributed by atoms with Crippen LogP contribution in [0, 0.1) is 0 Å². The van der Waals surface area contributed by atoms with E-state index < -0.39 is 35.1 Å². The Hall–Kier alpha value is -1.38. The molecule has 1 N–H and O–H groups in total. The van der Waals surface area contributed by atoms with Crippen LogP contribution in [0.2, 0.25) is 0 Å². The van der Waals surface area contributed by atoms with Gasteiger partial charge in [0.1, 0.15) is 0 Å². The van der Waals surface area contributed by atoms with Crippen molar-refractivity contribution in [3.8, 4) is 0 Å². The lowest BCUT2D eigenvalue weighted by molar-refractivity contribution is -0.143. The van der Waals surface area contributed by atoms with Crippen molar-refractivity contribution in [1.82, 2.24) is 0 Å². The van der Waals surface area contributed by atoms with Crippen molar-refractivity contribution in [2.75, 3.05) is 17.3 Å². The summed E-state index contributed by atoms with van der Waals surface area (Å²) in [5.41, 5.74) is -3.43. The summed E-state index contributed by atoms with van der Waals surface area (Å²) < 4.78 is 75.8. The Morgan fingerprint density at radius 2 is 1.55 bits per heavy atom. The molecule has 0 fully saturated rings. The van der Waals surface area contributed by atoms with E-state index in [1.165, 1.54) is 11.8 Å². The lowest BCUT2D eigenvalue weighted by Crippen LogP contribution is -2.15. The lowest BCUT2D eigenvalue weighted by atomic mass is 10.1. The van der Waals surface area contributed by atoms with Gasteiger partial charge in [0, 0.05) is 12.1 Å². The molecule has 0 radical (unpaired) electrons. The molecule has 0 unspecified atom stereocenters. The molecular weight excluding hydrogens is 332 g/mol. The maximum absolute atomic E-state index is 12.6. The van der Waals surface area contributed by atoms with E-state index >= 15 is 0 Å². The first-order valence-electron chi connectivity index (χ1n) is 6.12. The number of benzene rings is 1. The number of carbonyl (C=O) groups excluding carboxylic acids is 1. The van der Waals surface area contributed by atoms with Gasteiger partial charge >= 0.3 is 12.4 Å². The van der Waals surface area contributed by atoms with E-state index in [1.54, 1.807) is 0 Å². The number of rotatable bonds is 5. The average Bonchev–Trinajstić information content (AvgIpc) is 2.36. The topological polar surface area (TPSA) is 29.1 Å². The van der Waals surface area contributed by atoms with Crippen molar-refractivity contribution in [3.05, 3.63) is 29.3 Å². The Balaban J connectivity index is 3.01. The fraction of sp³-hybridized carbons (Fsp3) is 0.462. The van der Waals surface area contributed by atoms with Crippen molar-refractivity contribution in [2.45, 2.75) is 25.2 Å². The summed E-state index contributed by atoms with van der Waals surface area (Å²) in [5.74, 6) is 0.0468. The first-order valence-corrected chi connectivity index (χ1v) is 7.51. The number of hydrogen-bond donors (Lipinski definition) is 1. The standard InChI is InChI=1S/C13H13F6NOS/c1-22-4-2-3-11(21)20-10-6-8(12(14,15)16)5-9(7-10)13(17,18)19/h5-7H,2-4H2,1H3,(H,20,21). The molecule has 0 heterocycles. The van der Waals surface area contributed by atoms with E-state index in [-0.39, 0.29) is 12.5 Å². The number of hydrogen-bond acceptors (Lipinski definition) is 2. The van der Waals surface area contributed by atoms with Gasteiger partial charge in [-0.3, -0.25) is 4.79 Å². The molecule has 0 aliphatic carbocycles. The molecule has 0 atom stereocenters. The summed E-state index contributed by atoms with van der Waals surface area (Å²) in [5, 5.41) is 2.08. The summed E-state index contributed by atoms with van der Waals surface area (Å²) in [6.45, 7) is 0. The van der Waals surface area contributed by atoms with Crippen LogP contribution < -0.4 is 5.32 Å². The summed E-state index contributed by atoms with van der Waals surface area (Å²) in [7, 11) is 0. The highest BCUT2D eigenvalue weighted by molar-refractivity contribution is 7.98. The molecule has 124 valence electrons. The fourth-order valence-corrected chi connectivity index (χ4v) is 2.06. The van der Waals surface area contributed by atoms with Gasteiger partial charge in [0.25, 0.3) is 0 Å². The molecule has 9 heteroatoms. The van der Waals surface area contributed by atoms with Crippen molar-refractivity contribution in [3.63, 3.8) is 0 Å². The van der Waals surface area contributed by atoms with Crippen molar-refractivity contribution < 1.29 is 31.1 Å². The molecule has 1 aromatic rings. The normalized spacial score (nSPS) is 12.3. The Bertz CT molecular complexity index is 494. The van der Waals surface area contributed by atoms with Crippen molar-refractivity contribution in [2.24, 2.45) is 0 Å². The first-order chi connectivity index (χ1) is 10.0. The van der Waals surface area contributed by atoms with Crippen LogP contribution in [-0.4, -0.2) is 17.9 Å². The van der Waals surface area contributed by atoms with E-state index in [0.717, 1.165) is 0 Å². The second-order valence-corrected chi connectivity index (χ2v) is 5.42. The van der Waals surface area contributed by atoms with Gasteiger partial charge in [0.15, 0.2) is 0 Å². The number of amides is 1. The van der Waals surface area contributed by atoms with E-state index in [4.69, 9.17) is 0 Å². The van der Waals surface area contributed by atoms with Crippen LogP contribution in [0.5, 0.6) is 0 Å². The summed E-state index contributed by atoms with van der Waals surface area (Å²) in [4.78, 5) is 11.5. The Kier molecular flexibility index (Phi) is 6.16. The highest BCUT2D eigenvalue weighted by atomic mass is 32.2. The predicted octanol–water partition coefficient (Wildman–Crippen LogP) is 4.81. The lowest BCUT2D eigenvalue weighted by Gasteiger charge is -2.14. The average molecular weight is 345 g/mol. The van der Waals surface area contributed by atoms with Crippen LogP contribution in [-0.2, 0) is 17.1 Å². The molecule has 0 aromatic heterocycles. The smallest absolute Gasteiger partial charge is 0.326 e. The first kappa shape index (κ1) is 18.7. The molecule has 22 heavy (non-hydrogen) atoms. The molecule has 0 aliphatic heterocycles. The van der Waals surface area contributed by atoms with Gasteiger partial charge in [-0.15, -0.1) is 0 Å². The Morgan fingerprint density at radius 1 is 1.05 bits per heavy atom. The molecule has 1 rings (SSSR count). The SMILES string of the molecule is CSCCCC(=O)Nc1cc(C(F)(F)F)cc(C(F)(F)F)c1. The van der Waals surface area contributed by atoms with Crippen LogP contribution in [0.3, 0.4) is 0 Å². The summed E-state index contributed by atoms with van der Waals surface area (Å²) >= 11 is 1.48. The number of thioether (sulfide) groups is 1. The van der Waals surface area contributed by atoms with Gasteiger partial charge in [0.2, 0.25) is 5.91 Å². The quantitative estimate of drug-likeness (QED) is 0.613. The second kappa shape index (κ2) is 7.26. The minimum atomic E-state index is -4.93. The van der Waals surface area contributed by atoms with Crippen LogP contribution in [0.4, 0.5) is 32.0 Å². The summed E-state index contributed by atoms with van der Waals surface area (Å²) in [6, 6.07) is 0.993.